The minimum Gasteiger partial charge on any atom is -0.316 e. The number of allylic oxidation sites excluding steroid dienone is 1. The average molecular weight is 251 g/mol. The summed E-state index contributed by atoms with van der Waals surface area (Å²) in [6.45, 7) is 4.71. The molecule has 1 aliphatic rings. The lowest BCUT2D eigenvalue weighted by Gasteiger charge is -2.05. The van der Waals surface area contributed by atoms with Gasteiger partial charge in [-0.25, -0.2) is 0 Å². The Balaban J connectivity index is 1.71. The molecule has 0 amide bonds. The Morgan fingerprint density at radius 3 is 2.33 bits per heavy atom. The first kappa shape index (κ1) is 15.8. The van der Waals surface area contributed by atoms with Gasteiger partial charge in [0, 0.05) is 0 Å². The van der Waals surface area contributed by atoms with Gasteiger partial charge in [-0.05, 0) is 45.2 Å². The summed E-state index contributed by atoms with van der Waals surface area (Å²) >= 11 is 0. The summed E-state index contributed by atoms with van der Waals surface area (Å²) in [7, 11) is 0. The summed E-state index contributed by atoms with van der Waals surface area (Å²) < 4.78 is 0. The van der Waals surface area contributed by atoms with E-state index in [2.05, 4.69) is 18.3 Å². The van der Waals surface area contributed by atoms with Crippen molar-refractivity contribution < 1.29 is 0 Å². The summed E-state index contributed by atoms with van der Waals surface area (Å²) in [5.74, 6) is 0. The van der Waals surface area contributed by atoms with Crippen molar-refractivity contribution >= 4 is 0 Å². The van der Waals surface area contributed by atoms with Crippen LogP contribution in [0.3, 0.4) is 0 Å². The summed E-state index contributed by atoms with van der Waals surface area (Å²) in [6.07, 6.45) is 19.2. The fourth-order valence-corrected chi connectivity index (χ4v) is 2.72. The van der Waals surface area contributed by atoms with E-state index in [-0.39, 0.29) is 0 Å². The van der Waals surface area contributed by atoms with Gasteiger partial charge in [-0.3, -0.25) is 0 Å². The van der Waals surface area contributed by atoms with Crippen molar-refractivity contribution in [1.29, 1.82) is 0 Å². The summed E-state index contributed by atoms with van der Waals surface area (Å²) in [6, 6.07) is 0. The van der Waals surface area contributed by atoms with Gasteiger partial charge in [-0.15, -0.1) is 0 Å². The van der Waals surface area contributed by atoms with Crippen LogP contribution in [0.1, 0.15) is 84.0 Å². The smallest absolute Gasteiger partial charge is 0.00116 e. The molecular weight excluding hydrogens is 218 g/mol. The van der Waals surface area contributed by atoms with Gasteiger partial charge in [0.25, 0.3) is 0 Å². The van der Waals surface area contributed by atoms with Crippen LogP contribution in [0.15, 0.2) is 11.6 Å². The Labute approximate surface area is 114 Å². The number of rotatable bonds is 12. The van der Waals surface area contributed by atoms with Crippen molar-refractivity contribution in [3.05, 3.63) is 11.6 Å². The third-order valence-corrected chi connectivity index (χ3v) is 3.97. The lowest BCUT2D eigenvalue weighted by molar-refractivity contribution is 0.555. The second-order valence-corrected chi connectivity index (χ2v) is 5.73. The van der Waals surface area contributed by atoms with E-state index in [1.807, 2.05) is 0 Å². The van der Waals surface area contributed by atoms with Crippen LogP contribution in [0.2, 0.25) is 0 Å². The average Bonchev–Trinajstić information content (AvgIpc) is 2.89. The first-order valence-electron chi connectivity index (χ1n) is 8.32. The Morgan fingerprint density at radius 1 is 0.944 bits per heavy atom. The first-order chi connectivity index (χ1) is 8.93. The molecular formula is C17H33N. The molecule has 106 valence electrons. The van der Waals surface area contributed by atoms with Gasteiger partial charge in [-0.1, -0.05) is 63.5 Å². The van der Waals surface area contributed by atoms with Crippen molar-refractivity contribution in [3.63, 3.8) is 0 Å². The number of hydrogen-bond donors (Lipinski definition) is 1. The van der Waals surface area contributed by atoms with Crippen molar-refractivity contribution in [1.82, 2.24) is 5.32 Å². The van der Waals surface area contributed by atoms with E-state index in [0.29, 0.717) is 0 Å². The molecule has 1 nitrogen and oxygen atoms in total. The monoisotopic (exact) mass is 251 g/mol. The molecule has 0 saturated carbocycles. The summed E-state index contributed by atoms with van der Waals surface area (Å²) in [5.41, 5.74) is 1.69. The molecule has 0 radical (unpaired) electrons. The van der Waals surface area contributed by atoms with E-state index >= 15 is 0 Å². The van der Waals surface area contributed by atoms with Gasteiger partial charge < -0.3 is 5.32 Å². The normalized spacial score (nSPS) is 15.1. The molecule has 0 unspecified atom stereocenters. The standard InChI is InChI=1S/C17H33N/c1-2-3-4-5-6-7-8-11-15-18-16-14-17-12-9-10-13-17/h12,18H,2-11,13-16H2,1H3. The third-order valence-electron chi connectivity index (χ3n) is 3.97. The highest BCUT2D eigenvalue weighted by Crippen LogP contribution is 2.19. The molecule has 0 aromatic carbocycles. The van der Waals surface area contributed by atoms with Crippen LogP contribution in [0.25, 0.3) is 0 Å². The lowest BCUT2D eigenvalue weighted by Crippen LogP contribution is -2.16. The van der Waals surface area contributed by atoms with Crippen LogP contribution in [0.4, 0.5) is 0 Å². The highest BCUT2D eigenvalue weighted by molar-refractivity contribution is 5.07. The molecule has 0 fully saturated rings. The van der Waals surface area contributed by atoms with Crippen molar-refractivity contribution in [2.75, 3.05) is 13.1 Å². The molecule has 0 aromatic heterocycles. The van der Waals surface area contributed by atoms with Crippen LogP contribution < -0.4 is 5.32 Å². The number of hydrogen-bond acceptors (Lipinski definition) is 1. The molecule has 0 aromatic rings. The molecule has 0 saturated heterocycles. The zero-order chi connectivity index (χ0) is 12.9. The zero-order valence-corrected chi connectivity index (χ0v) is 12.5. The predicted octanol–water partition coefficient (Wildman–Crippen LogP) is 5.22. The van der Waals surface area contributed by atoms with Crippen LogP contribution in [0, 0.1) is 0 Å². The van der Waals surface area contributed by atoms with Gasteiger partial charge in [0.15, 0.2) is 0 Å². The predicted molar refractivity (Wildman–Crippen MR) is 82.0 cm³/mol. The Bertz CT molecular complexity index is 208. The second-order valence-electron chi connectivity index (χ2n) is 5.73. The Kier molecular flexibility index (Phi) is 10.3. The molecule has 0 aliphatic heterocycles. The van der Waals surface area contributed by atoms with Gasteiger partial charge in [-0.2, -0.15) is 0 Å². The van der Waals surface area contributed by atoms with Crippen molar-refractivity contribution in [3.8, 4) is 0 Å². The summed E-state index contributed by atoms with van der Waals surface area (Å²) in [5, 5.41) is 3.58. The SMILES string of the molecule is CCCCCCCCCCNCCC1=CCCC1. The fraction of sp³-hybridized carbons (Fsp3) is 0.882. The van der Waals surface area contributed by atoms with Crippen LogP contribution in [0.5, 0.6) is 0 Å². The largest absolute Gasteiger partial charge is 0.316 e. The summed E-state index contributed by atoms with van der Waals surface area (Å²) in [4.78, 5) is 0. The first-order valence-corrected chi connectivity index (χ1v) is 8.32. The van der Waals surface area contributed by atoms with E-state index in [0.717, 1.165) is 0 Å². The molecule has 0 bridgehead atoms. The van der Waals surface area contributed by atoms with Gasteiger partial charge in [0.1, 0.15) is 0 Å². The van der Waals surface area contributed by atoms with Gasteiger partial charge >= 0.3 is 0 Å². The van der Waals surface area contributed by atoms with Crippen molar-refractivity contribution in [2.24, 2.45) is 0 Å². The maximum absolute atomic E-state index is 3.58. The quantitative estimate of drug-likeness (QED) is 0.370. The minimum atomic E-state index is 1.20. The van der Waals surface area contributed by atoms with E-state index in [4.69, 9.17) is 0 Å². The highest BCUT2D eigenvalue weighted by atomic mass is 14.8. The lowest BCUT2D eigenvalue weighted by atomic mass is 10.1. The zero-order valence-electron chi connectivity index (χ0n) is 12.5. The third kappa shape index (κ3) is 8.74. The highest BCUT2D eigenvalue weighted by Gasteiger charge is 2.02. The Hall–Kier alpha value is -0.300. The molecule has 1 N–H and O–H groups in total. The van der Waals surface area contributed by atoms with Gasteiger partial charge in [0.2, 0.25) is 0 Å². The molecule has 1 aliphatic carbocycles. The van der Waals surface area contributed by atoms with Crippen LogP contribution >= 0.6 is 0 Å². The molecule has 18 heavy (non-hydrogen) atoms. The Morgan fingerprint density at radius 2 is 1.67 bits per heavy atom. The van der Waals surface area contributed by atoms with Crippen LogP contribution in [-0.2, 0) is 0 Å². The topological polar surface area (TPSA) is 12.0 Å². The van der Waals surface area contributed by atoms with E-state index in [9.17, 15) is 0 Å². The number of unbranched alkanes of at least 4 members (excludes halogenated alkanes) is 7. The molecule has 1 rings (SSSR count). The van der Waals surface area contributed by atoms with Crippen molar-refractivity contribution in [2.45, 2.75) is 84.0 Å². The van der Waals surface area contributed by atoms with E-state index in [1.54, 1.807) is 5.57 Å². The minimum absolute atomic E-state index is 1.20. The maximum Gasteiger partial charge on any atom is -0.00116 e. The van der Waals surface area contributed by atoms with Crippen LogP contribution in [-0.4, -0.2) is 13.1 Å². The molecule has 0 atom stereocenters. The fourth-order valence-electron chi connectivity index (χ4n) is 2.72. The van der Waals surface area contributed by atoms with E-state index < -0.39 is 0 Å². The van der Waals surface area contributed by atoms with E-state index in [1.165, 1.54) is 90.1 Å². The van der Waals surface area contributed by atoms with Gasteiger partial charge in [0.05, 0.1) is 0 Å². The molecule has 0 heterocycles. The maximum atomic E-state index is 3.58. The molecule has 0 spiro atoms. The molecule has 1 heteroatoms. The second kappa shape index (κ2) is 11.8. The number of nitrogens with one attached hydrogen (secondary N) is 1.